The minimum Gasteiger partial charge on any atom is -0.267 e. The second-order valence-electron chi connectivity index (χ2n) is 3.73. The topological polar surface area (TPSA) is 41.5 Å². The Morgan fingerprint density at radius 2 is 2.00 bits per heavy atom. The van der Waals surface area contributed by atoms with E-state index in [4.69, 9.17) is 0 Å². The summed E-state index contributed by atoms with van der Waals surface area (Å²) >= 11 is 3.28. The summed E-state index contributed by atoms with van der Waals surface area (Å²) in [6.07, 6.45) is 1.27. The molecule has 0 aliphatic carbocycles. The van der Waals surface area contributed by atoms with E-state index in [0.717, 1.165) is 4.47 Å². The van der Waals surface area contributed by atoms with Crippen LogP contribution in [-0.4, -0.2) is 12.1 Å². The first-order valence-corrected chi connectivity index (χ1v) is 6.29. The SMILES string of the molecule is O=C(N/N=C\c1ccccc1F)c1cccc(Br)c1. The number of amides is 1. The minimum absolute atomic E-state index is 0.317. The van der Waals surface area contributed by atoms with Gasteiger partial charge in [-0.05, 0) is 24.3 Å². The molecule has 0 atom stereocenters. The van der Waals surface area contributed by atoms with Crippen molar-refractivity contribution >= 4 is 28.1 Å². The molecule has 5 heteroatoms. The third-order valence-electron chi connectivity index (χ3n) is 2.36. The van der Waals surface area contributed by atoms with Crippen molar-refractivity contribution in [2.45, 2.75) is 0 Å². The number of hydrogen-bond acceptors (Lipinski definition) is 2. The number of nitrogens with zero attached hydrogens (tertiary/aromatic N) is 1. The molecule has 0 aliphatic heterocycles. The van der Waals surface area contributed by atoms with E-state index in [9.17, 15) is 9.18 Å². The molecule has 0 fully saturated rings. The summed E-state index contributed by atoms with van der Waals surface area (Å²) in [5, 5.41) is 3.73. The smallest absolute Gasteiger partial charge is 0.267 e. The van der Waals surface area contributed by atoms with Crippen molar-refractivity contribution in [3.05, 3.63) is 69.9 Å². The fourth-order valence-electron chi connectivity index (χ4n) is 1.43. The molecule has 1 N–H and O–H groups in total. The standard InChI is InChI=1S/C14H10BrFN2O/c15-12-6-3-5-10(8-12)14(19)18-17-9-11-4-1-2-7-13(11)16/h1-9H,(H,18,19)/b17-9-. The van der Waals surface area contributed by atoms with Gasteiger partial charge in [0.25, 0.3) is 5.91 Å². The maximum atomic E-state index is 13.3. The number of halogens is 2. The van der Waals surface area contributed by atoms with Crippen LogP contribution in [0.1, 0.15) is 15.9 Å². The second kappa shape index (κ2) is 6.24. The van der Waals surface area contributed by atoms with E-state index < -0.39 is 0 Å². The average Bonchev–Trinajstić information content (AvgIpc) is 2.41. The Labute approximate surface area is 118 Å². The van der Waals surface area contributed by atoms with Crippen molar-refractivity contribution in [3.63, 3.8) is 0 Å². The second-order valence-corrected chi connectivity index (χ2v) is 4.65. The molecule has 2 rings (SSSR count). The number of nitrogens with one attached hydrogen (secondary N) is 1. The van der Waals surface area contributed by atoms with E-state index in [1.807, 2.05) is 6.07 Å². The van der Waals surface area contributed by atoms with Crippen LogP contribution in [0.4, 0.5) is 4.39 Å². The van der Waals surface area contributed by atoms with E-state index in [1.165, 1.54) is 12.3 Å². The molecular formula is C14H10BrFN2O. The van der Waals surface area contributed by atoms with Crippen LogP contribution in [0.15, 0.2) is 58.1 Å². The van der Waals surface area contributed by atoms with Crippen molar-refractivity contribution < 1.29 is 9.18 Å². The number of rotatable bonds is 3. The summed E-state index contributed by atoms with van der Waals surface area (Å²) in [4.78, 5) is 11.7. The average molecular weight is 321 g/mol. The number of hydrazone groups is 1. The van der Waals surface area contributed by atoms with E-state index in [-0.39, 0.29) is 11.7 Å². The normalized spacial score (nSPS) is 10.6. The summed E-state index contributed by atoms with van der Waals surface area (Å²) in [5.74, 6) is -0.739. The summed E-state index contributed by atoms with van der Waals surface area (Å²) in [6.45, 7) is 0. The molecule has 1 amide bonds. The molecule has 0 bridgehead atoms. The van der Waals surface area contributed by atoms with Crippen LogP contribution >= 0.6 is 15.9 Å². The lowest BCUT2D eigenvalue weighted by atomic mass is 10.2. The quantitative estimate of drug-likeness (QED) is 0.684. The van der Waals surface area contributed by atoms with Crippen LogP contribution < -0.4 is 5.43 Å². The van der Waals surface area contributed by atoms with Gasteiger partial charge in [0.1, 0.15) is 5.82 Å². The molecule has 3 nitrogen and oxygen atoms in total. The fraction of sp³-hybridized carbons (Fsp3) is 0. The lowest BCUT2D eigenvalue weighted by molar-refractivity contribution is 0.0955. The van der Waals surface area contributed by atoms with Gasteiger partial charge in [0, 0.05) is 15.6 Å². The molecule has 0 saturated carbocycles. The van der Waals surface area contributed by atoms with Gasteiger partial charge in [-0.1, -0.05) is 40.2 Å². The Balaban J connectivity index is 2.03. The summed E-state index contributed by atoms with van der Waals surface area (Å²) < 4.78 is 14.1. The summed E-state index contributed by atoms with van der Waals surface area (Å²) in [6, 6.07) is 13.1. The highest BCUT2D eigenvalue weighted by atomic mass is 79.9. The van der Waals surface area contributed by atoms with Gasteiger partial charge in [-0.15, -0.1) is 0 Å². The first kappa shape index (κ1) is 13.4. The van der Waals surface area contributed by atoms with Crippen LogP contribution in [0.25, 0.3) is 0 Å². The zero-order chi connectivity index (χ0) is 13.7. The number of carbonyl (C=O) groups excluding carboxylic acids is 1. The Morgan fingerprint density at radius 3 is 2.74 bits per heavy atom. The Kier molecular flexibility index (Phi) is 4.41. The van der Waals surface area contributed by atoms with Gasteiger partial charge in [-0.3, -0.25) is 4.79 Å². The van der Waals surface area contributed by atoms with Gasteiger partial charge in [0.05, 0.1) is 6.21 Å². The van der Waals surface area contributed by atoms with Crippen LogP contribution in [0.2, 0.25) is 0 Å². The maximum absolute atomic E-state index is 13.3. The van der Waals surface area contributed by atoms with Crippen LogP contribution in [0.3, 0.4) is 0 Å². The first-order chi connectivity index (χ1) is 9.16. The first-order valence-electron chi connectivity index (χ1n) is 5.50. The summed E-state index contributed by atoms with van der Waals surface area (Å²) in [7, 11) is 0. The maximum Gasteiger partial charge on any atom is 0.271 e. The molecule has 96 valence electrons. The molecule has 0 unspecified atom stereocenters. The Morgan fingerprint density at radius 1 is 1.21 bits per heavy atom. The molecule has 19 heavy (non-hydrogen) atoms. The third-order valence-corrected chi connectivity index (χ3v) is 2.86. The molecule has 0 heterocycles. The van der Waals surface area contributed by atoms with E-state index in [1.54, 1.807) is 36.4 Å². The molecule has 0 aromatic heterocycles. The van der Waals surface area contributed by atoms with Crippen LogP contribution in [-0.2, 0) is 0 Å². The van der Waals surface area contributed by atoms with E-state index in [2.05, 4.69) is 26.5 Å². The highest BCUT2D eigenvalue weighted by Crippen LogP contribution is 2.11. The van der Waals surface area contributed by atoms with Gasteiger partial charge in [0.2, 0.25) is 0 Å². The molecule has 0 radical (unpaired) electrons. The number of hydrogen-bond donors (Lipinski definition) is 1. The van der Waals surface area contributed by atoms with Crippen molar-refractivity contribution in [1.29, 1.82) is 0 Å². The highest BCUT2D eigenvalue weighted by molar-refractivity contribution is 9.10. The zero-order valence-electron chi connectivity index (χ0n) is 9.81. The van der Waals surface area contributed by atoms with E-state index in [0.29, 0.717) is 11.1 Å². The van der Waals surface area contributed by atoms with E-state index >= 15 is 0 Å². The predicted molar refractivity (Wildman–Crippen MR) is 75.6 cm³/mol. The lowest BCUT2D eigenvalue weighted by Gasteiger charge is -2.00. The molecular weight excluding hydrogens is 311 g/mol. The van der Waals surface area contributed by atoms with Crippen LogP contribution in [0, 0.1) is 5.82 Å². The highest BCUT2D eigenvalue weighted by Gasteiger charge is 2.04. The Hall–Kier alpha value is -2.01. The van der Waals surface area contributed by atoms with Gasteiger partial charge >= 0.3 is 0 Å². The molecule has 2 aromatic carbocycles. The van der Waals surface area contributed by atoms with Crippen molar-refractivity contribution in [3.8, 4) is 0 Å². The minimum atomic E-state index is -0.386. The molecule has 0 spiro atoms. The summed E-state index contributed by atoms with van der Waals surface area (Å²) in [5.41, 5.74) is 3.13. The van der Waals surface area contributed by atoms with Gasteiger partial charge in [-0.25, -0.2) is 9.82 Å². The predicted octanol–water partition coefficient (Wildman–Crippen LogP) is 3.35. The van der Waals surface area contributed by atoms with Crippen molar-refractivity contribution in [2.75, 3.05) is 0 Å². The number of benzene rings is 2. The third kappa shape index (κ3) is 3.72. The van der Waals surface area contributed by atoms with Gasteiger partial charge in [-0.2, -0.15) is 5.10 Å². The van der Waals surface area contributed by atoms with Crippen molar-refractivity contribution in [2.24, 2.45) is 5.10 Å². The lowest BCUT2D eigenvalue weighted by Crippen LogP contribution is -2.17. The molecule has 0 aliphatic rings. The molecule has 2 aromatic rings. The van der Waals surface area contributed by atoms with Gasteiger partial charge < -0.3 is 0 Å². The zero-order valence-corrected chi connectivity index (χ0v) is 11.4. The monoisotopic (exact) mass is 320 g/mol. The van der Waals surface area contributed by atoms with Crippen LogP contribution in [0.5, 0.6) is 0 Å². The van der Waals surface area contributed by atoms with Crippen molar-refractivity contribution in [1.82, 2.24) is 5.43 Å². The fourth-order valence-corrected chi connectivity index (χ4v) is 1.83. The largest absolute Gasteiger partial charge is 0.271 e. The van der Waals surface area contributed by atoms with Gasteiger partial charge in [0.15, 0.2) is 0 Å². The number of carbonyl (C=O) groups is 1. The Bertz CT molecular complexity index is 628. The molecule has 0 saturated heterocycles.